The van der Waals surface area contributed by atoms with Crippen LogP contribution in [0.2, 0.25) is 0 Å². The number of nitrogens with one attached hydrogen (secondary N) is 1. The number of nitrogens with zero attached hydrogens (tertiary/aromatic N) is 2. The molecule has 1 aromatic carbocycles. The summed E-state index contributed by atoms with van der Waals surface area (Å²) in [6.45, 7) is 5.97. The van der Waals surface area contributed by atoms with Gasteiger partial charge in [0.15, 0.2) is 0 Å². The van der Waals surface area contributed by atoms with Gasteiger partial charge in [0, 0.05) is 26.2 Å². The smallest absolute Gasteiger partial charge is 0.226 e. The van der Waals surface area contributed by atoms with Crippen molar-refractivity contribution in [2.24, 2.45) is 11.8 Å². The fourth-order valence-corrected chi connectivity index (χ4v) is 4.15. The van der Waals surface area contributed by atoms with Crippen LogP contribution in [-0.2, 0) is 11.3 Å². The van der Waals surface area contributed by atoms with Crippen LogP contribution in [0.3, 0.4) is 0 Å². The Balaban J connectivity index is 1.50. The first-order valence-corrected chi connectivity index (χ1v) is 9.46. The first kappa shape index (κ1) is 17.4. The Bertz CT molecular complexity index is 511. The molecule has 0 saturated carbocycles. The van der Waals surface area contributed by atoms with Crippen LogP contribution in [0.25, 0.3) is 0 Å². The van der Waals surface area contributed by atoms with Crippen molar-refractivity contribution in [3.8, 4) is 0 Å². The lowest BCUT2D eigenvalue weighted by atomic mass is 9.92. The Morgan fingerprint density at radius 2 is 1.88 bits per heavy atom. The van der Waals surface area contributed by atoms with Gasteiger partial charge in [0.1, 0.15) is 0 Å². The zero-order valence-corrected chi connectivity index (χ0v) is 14.9. The molecule has 0 bridgehead atoms. The topological polar surface area (TPSA) is 35.6 Å². The van der Waals surface area contributed by atoms with Crippen molar-refractivity contribution in [2.75, 3.05) is 39.8 Å². The van der Waals surface area contributed by atoms with Crippen molar-refractivity contribution < 1.29 is 4.79 Å². The van der Waals surface area contributed by atoms with E-state index in [0.717, 1.165) is 70.9 Å². The minimum atomic E-state index is 0.198. The van der Waals surface area contributed by atoms with Gasteiger partial charge >= 0.3 is 0 Å². The van der Waals surface area contributed by atoms with Gasteiger partial charge in [0.2, 0.25) is 5.91 Å². The summed E-state index contributed by atoms with van der Waals surface area (Å²) in [6, 6.07) is 10.6. The Hall–Kier alpha value is -1.39. The normalized spacial score (nSPS) is 23.4. The number of carbonyl (C=O) groups excluding carboxylic acids is 1. The Morgan fingerprint density at radius 1 is 1.12 bits per heavy atom. The first-order chi connectivity index (χ1) is 11.8. The summed E-state index contributed by atoms with van der Waals surface area (Å²) in [5.41, 5.74) is 1.35. The van der Waals surface area contributed by atoms with Crippen molar-refractivity contribution in [3.05, 3.63) is 35.9 Å². The standard InChI is InChI=1S/C20H31N3O/c1-21-14-17-9-12-23(13-10-17)20(24)19-8-5-11-22(16-19)15-18-6-3-2-4-7-18/h2-4,6-7,17,19,21H,5,8-16H2,1H3. The van der Waals surface area contributed by atoms with Crippen LogP contribution >= 0.6 is 0 Å². The van der Waals surface area contributed by atoms with E-state index in [1.165, 1.54) is 5.56 Å². The lowest BCUT2D eigenvalue weighted by molar-refractivity contribution is -0.138. The van der Waals surface area contributed by atoms with Gasteiger partial charge in [-0.15, -0.1) is 0 Å². The average Bonchev–Trinajstić information content (AvgIpc) is 2.63. The van der Waals surface area contributed by atoms with E-state index in [0.29, 0.717) is 5.91 Å². The van der Waals surface area contributed by atoms with Crippen molar-refractivity contribution in [3.63, 3.8) is 0 Å². The Labute approximate surface area is 146 Å². The summed E-state index contributed by atoms with van der Waals surface area (Å²) in [6.07, 6.45) is 4.49. The second-order valence-corrected chi connectivity index (χ2v) is 7.39. The van der Waals surface area contributed by atoms with E-state index >= 15 is 0 Å². The summed E-state index contributed by atoms with van der Waals surface area (Å²) in [4.78, 5) is 17.5. The van der Waals surface area contributed by atoms with Crippen molar-refractivity contribution in [2.45, 2.75) is 32.2 Å². The highest BCUT2D eigenvalue weighted by Gasteiger charge is 2.31. The van der Waals surface area contributed by atoms with Gasteiger partial charge in [0.05, 0.1) is 5.92 Å². The van der Waals surface area contributed by atoms with Gasteiger partial charge in [-0.05, 0) is 57.3 Å². The number of benzene rings is 1. The number of piperidine rings is 2. The number of amides is 1. The highest BCUT2D eigenvalue weighted by atomic mass is 16.2. The molecule has 2 aliphatic heterocycles. The molecule has 0 spiro atoms. The lowest BCUT2D eigenvalue weighted by Crippen LogP contribution is -2.47. The van der Waals surface area contributed by atoms with Gasteiger partial charge in [0.25, 0.3) is 0 Å². The molecule has 1 unspecified atom stereocenters. The van der Waals surface area contributed by atoms with Crippen LogP contribution < -0.4 is 5.32 Å². The first-order valence-electron chi connectivity index (χ1n) is 9.46. The molecule has 0 aliphatic carbocycles. The lowest BCUT2D eigenvalue weighted by Gasteiger charge is -2.38. The summed E-state index contributed by atoms with van der Waals surface area (Å²) in [5, 5.41) is 3.26. The molecule has 2 aliphatic rings. The van der Waals surface area contributed by atoms with E-state index in [2.05, 4.69) is 45.4 Å². The molecule has 0 aromatic heterocycles. The van der Waals surface area contributed by atoms with Crippen molar-refractivity contribution in [1.29, 1.82) is 0 Å². The third-order valence-corrected chi connectivity index (χ3v) is 5.52. The molecule has 1 amide bonds. The number of hydrogen-bond acceptors (Lipinski definition) is 3. The molecular weight excluding hydrogens is 298 g/mol. The maximum absolute atomic E-state index is 12.9. The van der Waals surface area contributed by atoms with E-state index in [4.69, 9.17) is 0 Å². The Morgan fingerprint density at radius 3 is 2.58 bits per heavy atom. The van der Waals surface area contributed by atoms with Crippen LogP contribution in [0.5, 0.6) is 0 Å². The van der Waals surface area contributed by atoms with E-state index in [1.807, 2.05) is 7.05 Å². The van der Waals surface area contributed by atoms with Crippen LogP contribution in [-0.4, -0.2) is 55.5 Å². The summed E-state index contributed by atoms with van der Waals surface area (Å²) >= 11 is 0. The predicted molar refractivity (Wildman–Crippen MR) is 97.7 cm³/mol. The highest BCUT2D eigenvalue weighted by Crippen LogP contribution is 2.24. The molecule has 4 heteroatoms. The van der Waals surface area contributed by atoms with E-state index < -0.39 is 0 Å². The molecule has 1 N–H and O–H groups in total. The van der Waals surface area contributed by atoms with Crippen LogP contribution in [0, 0.1) is 11.8 Å². The molecule has 1 aromatic rings. The summed E-state index contributed by atoms with van der Waals surface area (Å²) in [7, 11) is 2.01. The fourth-order valence-electron chi connectivity index (χ4n) is 4.15. The van der Waals surface area contributed by atoms with Gasteiger partial charge < -0.3 is 10.2 Å². The zero-order chi connectivity index (χ0) is 16.8. The molecule has 0 radical (unpaired) electrons. The third-order valence-electron chi connectivity index (χ3n) is 5.52. The van der Waals surface area contributed by atoms with Gasteiger partial charge in [-0.3, -0.25) is 9.69 Å². The second-order valence-electron chi connectivity index (χ2n) is 7.39. The SMILES string of the molecule is CNCC1CCN(C(=O)C2CCCN(Cc3ccccc3)C2)CC1. The van der Waals surface area contributed by atoms with Crippen LogP contribution in [0.15, 0.2) is 30.3 Å². The van der Waals surface area contributed by atoms with Crippen molar-refractivity contribution in [1.82, 2.24) is 15.1 Å². The van der Waals surface area contributed by atoms with Gasteiger partial charge in [-0.2, -0.15) is 0 Å². The quantitative estimate of drug-likeness (QED) is 0.901. The molecular formula is C20H31N3O. The van der Waals surface area contributed by atoms with E-state index in [-0.39, 0.29) is 5.92 Å². The molecule has 2 fully saturated rings. The minimum Gasteiger partial charge on any atom is -0.342 e. The molecule has 24 heavy (non-hydrogen) atoms. The highest BCUT2D eigenvalue weighted by molar-refractivity contribution is 5.79. The van der Waals surface area contributed by atoms with Crippen LogP contribution in [0.1, 0.15) is 31.2 Å². The van der Waals surface area contributed by atoms with E-state index in [9.17, 15) is 4.79 Å². The molecule has 2 heterocycles. The monoisotopic (exact) mass is 329 g/mol. The third kappa shape index (κ3) is 4.58. The summed E-state index contributed by atoms with van der Waals surface area (Å²) in [5.74, 6) is 1.33. The number of carbonyl (C=O) groups is 1. The molecule has 1 atom stereocenters. The van der Waals surface area contributed by atoms with Crippen LogP contribution in [0.4, 0.5) is 0 Å². The molecule has 4 nitrogen and oxygen atoms in total. The maximum atomic E-state index is 12.9. The van der Waals surface area contributed by atoms with Gasteiger partial charge in [-0.1, -0.05) is 30.3 Å². The number of likely N-dealkylation sites (tertiary alicyclic amines) is 2. The minimum absolute atomic E-state index is 0.198. The van der Waals surface area contributed by atoms with E-state index in [1.54, 1.807) is 0 Å². The largest absolute Gasteiger partial charge is 0.342 e. The van der Waals surface area contributed by atoms with Crippen molar-refractivity contribution >= 4 is 5.91 Å². The fraction of sp³-hybridized carbons (Fsp3) is 0.650. The number of rotatable bonds is 5. The number of hydrogen-bond donors (Lipinski definition) is 1. The average molecular weight is 329 g/mol. The molecule has 132 valence electrons. The molecule has 2 saturated heterocycles. The second kappa shape index (κ2) is 8.63. The summed E-state index contributed by atoms with van der Waals surface area (Å²) < 4.78 is 0. The maximum Gasteiger partial charge on any atom is 0.226 e. The predicted octanol–water partition coefficient (Wildman–Crippen LogP) is 2.36. The Kier molecular flexibility index (Phi) is 6.27. The van der Waals surface area contributed by atoms with Gasteiger partial charge in [-0.25, -0.2) is 0 Å². The molecule has 3 rings (SSSR count). The zero-order valence-electron chi connectivity index (χ0n) is 14.9.